The Labute approximate surface area is 117 Å². The Kier molecular flexibility index (Phi) is 1.74. The van der Waals surface area contributed by atoms with Gasteiger partial charge in [-0.1, -0.05) is 12.6 Å². The first-order valence-corrected chi connectivity index (χ1v) is 7.43. The van der Waals surface area contributed by atoms with Crippen molar-refractivity contribution in [2.75, 3.05) is 0 Å². The fourth-order valence-corrected chi connectivity index (χ4v) is 4.97. The standard InChI is InChI=1S/C17H17N3/c1-9-10(2)15-12-3-4-14-16(19-20-18-14)13(12)8-17(15)6-5-11(9)7-17/h3-4,11H,1,5-8H2,2H3,(H,18,19,20). The van der Waals surface area contributed by atoms with Crippen molar-refractivity contribution in [3.05, 3.63) is 41.0 Å². The zero-order valence-electron chi connectivity index (χ0n) is 11.7. The van der Waals surface area contributed by atoms with Gasteiger partial charge in [0.15, 0.2) is 0 Å². The molecule has 20 heavy (non-hydrogen) atoms. The molecule has 1 aromatic carbocycles. The number of H-pyrrole nitrogens is 1. The van der Waals surface area contributed by atoms with Gasteiger partial charge in [-0.15, -0.1) is 0 Å². The Morgan fingerprint density at radius 2 is 2.25 bits per heavy atom. The van der Waals surface area contributed by atoms with E-state index >= 15 is 0 Å². The third kappa shape index (κ3) is 1.05. The number of fused-ring (bicyclic) bond motifs is 5. The molecular formula is C17H17N3. The van der Waals surface area contributed by atoms with E-state index in [1.165, 1.54) is 41.5 Å². The second-order valence-electron chi connectivity index (χ2n) is 6.71. The molecule has 100 valence electrons. The lowest BCUT2D eigenvalue weighted by Crippen LogP contribution is -2.22. The number of hydrogen-bond acceptors (Lipinski definition) is 2. The summed E-state index contributed by atoms with van der Waals surface area (Å²) in [6, 6.07) is 4.35. The summed E-state index contributed by atoms with van der Waals surface area (Å²) in [6.45, 7) is 6.63. The molecule has 2 aromatic rings. The zero-order chi connectivity index (χ0) is 13.5. The summed E-state index contributed by atoms with van der Waals surface area (Å²) in [7, 11) is 0. The topological polar surface area (TPSA) is 41.6 Å². The van der Waals surface area contributed by atoms with Crippen LogP contribution in [-0.4, -0.2) is 15.4 Å². The Morgan fingerprint density at radius 1 is 1.35 bits per heavy atom. The summed E-state index contributed by atoms with van der Waals surface area (Å²) < 4.78 is 0. The lowest BCUT2D eigenvalue weighted by molar-refractivity contribution is 0.406. The van der Waals surface area contributed by atoms with Crippen LogP contribution in [0.2, 0.25) is 0 Å². The van der Waals surface area contributed by atoms with Crippen molar-refractivity contribution >= 4 is 16.6 Å². The van der Waals surface area contributed by atoms with Gasteiger partial charge in [-0.2, -0.15) is 15.4 Å². The number of rotatable bonds is 0. The lowest BCUT2D eigenvalue weighted by atomic mass is 9.70. The number of aromatic nitrogens is 3. The van der Waals surface area contributed by atoms with Gasteiger partial charge in [-0.05, 0) is 72.4 Å². The van der Waals surface area contributed by atoms with Gasteiger partial charge in [0.1, 0.15) is 11.0 Å². The van der Waals surface area contributed by atoms with E-state index in [0.717, 1.165) is 17.5 Å². The van der Waals surface area contributed by atoms with Crippen LogP contribution in [0.3, 0.4) is 0 Å². The van der Waals surface area contributed by atoms with E-state index in [9.17, 15) is 0 Å². The molecule has 0 aliphatic heterocycles. The summed E-state index contributed by atoms with van der Waals surface area (Å²) in [5.41, 5.74) is 9.63. The molecule has 0 radical (unpaired) electrons. The Balaban J connectivity index is 1.88. The summed E-state index contributed by atoms with van der Waals surface area (Å²) >= 11 is 0. The molecule has 1 saturated carbocycles. The highest BCUT2D eigenvalue weighted by atomic mass is 15.3. The first-order chi connectivity index (χ1) is 9.70. The number of aromatic amines is 1. The van der Waals surface area contributed by atoms with Crippen molar-refractivity contribution in [3.63, 3.8) is 0 Å². The average Bonchev–Trinajstić information content (AvgIpc) is 3.11. The van der Waals surface area contributed by atoms with Crippen LogP contribution in [-0.2, 0) is 6.42 Å². The smallest absolute Gasteiger partial charge is 0.116 e. The first-order valence-electron chi connectivity index (χ1n) is 7.43. The third-order valence-corrected chi connectivity index (χ3v) is 5.87. The average molecular weight is 263 g/mol. The quantitative estimate of drug-likeness (QED) is 0.788. The highest BCUT2D eigenvalue weighted by Gasteiger charge is 2.52. The van der Waals surface area contributed by atoms with Crippen molar-refractivity contribution in [3.8, 4) is 0 Å². The summed E-state index contributed by atoms with van der Waals surface area (Å²) in [5.74, 6) is 0.709. The maximum Gasteiger partial charge on any atom is 0.116 e. The maximum absolute atomic E-state index is 4.39. The van der Waals surface area contributed by atoms with Crippen molar-refractivity contribution in [1.82, 2.24) is 15.4 Å². The zero-order valence-corrected chi connectivity index (χ0v) is 11.7. The normalized spacial score (nSPS) is 31.1. The van der Waals surface area contributed by atoms with Crippen molar-refractivity contribution in [2.24, 2.45) is 11.3 Å². The monoisotopic (exact) mass is 263 g/mol. The predicted octanol–water partition coefficient (Wildman–Crippen LogP) is 3.64. The highest BCUT2D eigenvalue weighted by molar-refractivity contribution is 5.92. The van der Waals surface area contributed by atoms with Crippen LogP contribution in [0, 0.1) is 11.3 Å². The SMILES string of the molecule is C=C1C(C)=C2c3ccc4n[nH]nc4c3CC23CCC1C3. The molecule has 1 spiro atoms. The van der Waals surface area contributed by atoms with Gasteiger partial charge >= 0.3 is 0 Å². The molecule has 2 atom stereocenters. The first kappa shape index (κ1) is 10.8. The molecule has 3 aliphatic carbocycles. The van der Waals surface area contributed by atoms with Crippen molar-refractivity contribution in [2.45, 2.75) is 32.6 Å². The summed E-state index contributed by atoms with van der Waals surface area (Å²) in [6.07, 6.45) is 5.03. The molecule has 1 fully saturated rings. The molecule has 2 bridgehead atoms. The number of allylic oxidation sites excluding steroid dienone is 3. The van der Waals surface area contributed by atoms with Gasteiger partial charge in [-0.25, -0.2) is 0 Å². The minimum Gasteiger partial charge on any atom is -0.197 e. The largest absolute Gasteiger partial charge is 0.197 e. The summed E-state index contributed by atoms with van der Waals surface area (Å²) in [4.78, 5) is 0. The number of benzene rings is 1. The van der Waals surface area contributed by atoms with Gasteiger partial charge in [0.05, 0.1) is 0 Å². The van der Waals surface area contributed by atoms with E-state index in [0.29, 0.717) is 11.3 Å². The molecule has 0 amide bonds. The molecule has 2 unspecified atom stereocenters. The predicted molar refractivity (Wildman–Crippen MR) is 79.1 cm³/mol. The second kappa shape index (κ2) is 3.22. The van der Waals surface area contributed by atoms with Crippen LogP contribution >= 0.6 is 0 Å². The van der Waals surface area contributed by atoms with E-state index in [1.807, 2.05) is 0 Å². The Hall–Kier alpha value is -1.90. The van der Waals surface area contributed by atoms with Gasteiger partial charge in [0.2, 0.25) is 0 Å². The molecule has 3 nitrogen and oxygen atoms in total. The van der Waals surface area contributed by atoms with E-state index in [4.69, 9.17) is 0 Å². The molecule has 1 N–H and O–H groups in total. The van der Waals surface area contributed by atoms with Gasteiger partial charge < -0.3 is 0 Å². The fourth-order valence-electron chi connectivity index (χ4n) is 4.97. The van der Waals surface area contributed by atoms with Gasteiger partial charge in [0, 0.05) is 5.41 Å². The van der Waals surface area contributed by atoms with E-state index in [-0.39, 0.29) is 0 Å². The molecule has 3 aliphatic rings. The van der Waals surface area contributed by atoms with Crippen molar-refractivity contribution in [1.29, 1.82) is 0 Å². The van der Waals surface area contributed by atoms with Crippen LogP contribution in [0.1, 0.15) is 37.3 Å². The van der Waals surface area contributed by atoms with Crippen LogP contribution < -0.4 is 0 Å². The van der Waals surface area contributed by atoms with Crippen LogP contribution in [0.4, 0.5) is 0 Å². The molecule has 5 rings (SSSR count). The molecule has 1 heterocycles. The van der Waals surface area contributed by atoms with Gasteiger partial charge in [-0.3, -0.25) is 0 Å². The molecule has 0 saturated heterocycles. The van der Waals surface area contributed by atoms with Crippen LogP contribution in [0.15, 0.2) is 29.9 Å². The van der Waals surface area contributed by atoms with E-state index < -0.39 is 0 Å². The van der Waals surface area contributed by atoms with Gasteiger partial charge in [0.25, 0.3) is 0 Å². The van der Waals surface area contributed by atoms with Crippen LogP contribution in [0.5, 0.6) is 0 Å². The number of nitrogens with one attached hydrogen (secondary N) is 1. The minimum atomic E-state index is 0.367. The third-order valence-electron chi connectivity index (χ3n) is 5.87. The second-order valence-corrected chi connectivity index (χ2v) is 6.71. The van der Waals surface area contributed by atoms with E-state index in [1.54, 1.807) is 5.57 Å². The maximum atomic E-state index is 4.39. The molecule has 3 heteroatoms. The molecule has 1 aromatic heterocycles. The fraction of sp³-hybridized carbons (Fsp3) is 0.412. The number of hydrogen-bond donors (Lipinski definition) is 1. The molecular weight excluding hydrogens is 246 g/mol. The lowest BCUT2D eigenvalue weighted by Gasteiger charge is -2.33. The van der Waals surface area contributed by atoms with Crippen molar-refractivity contribution < 1.29 is 0 Å². The number of nitrogens with zero attached hydrogens (tertiary/aromatic N) is 2. The summed E-state index contributed by atoms with van der Waals surface area (Å²) in [5, 5.41) is 11.4. The van der Waals surface area contributed by atoms with Crippen LogP contribution in [0.25, 0.3) is 16.6 Å². The highest BCUT2D eigenvalue weighted by Crippen LogP contribution is 2.64. The Bertz CT molecular complexity index is 811. The Morgan fingerprint density at radius 3 is 3.15 bits per heavy atom. The van der Waals surface area contributed by atoms with E-state index in [2.05, 4.69) is 41.0 Å². The minimum absolute atomic E-state index is 0.367.